The fourth-order valence-electron chi connectivity index (χ4n) is 2.73. The fourth-order valence-corrected chi connectivity index (χ4v) is 2.73. The second-order valence-corrected chi connectivity index (χ2v) is 5.97. The molecule has 3 rings (SSSR count). The van der Waals surface area contributed by atoms with E-state index in [4.69, 9.17) is 25.7 Å². The average Bonchev–Trinajstić information content (AvgIpc) is 2.96. The van der Waals surface area contributed by atoms with Crippen LogP contribution in [0.2, 0.25) is 0 Å². The van der Waals surface area contributed by atoms with E-state index in [0.717, 1.165) is 23.3 Å². The third-order valence-electron chi connectivity index (χ3n) is 3.79. The number of nitrogens with zero attached hydrogens (tertiary/aromatic N) is 3. The molecule has 2 aromatic rings. The number of esters is 1. The Morgan fingerprint density at radius 3 is 2.74 bits per heavy atom. The van der Waals surface area contributed by atoms with Crippen molar-refractivity contribution in [2.75, 3.05) is 18.1 Å². The topological polar surface area (TPSA) is 135 Å². The first-order valence-electron chi connectivity index (χ1n) is 8.51. The fraction of sp³-hybridized carbons (Fsp3) is 0.333. The monoisotopic (exact) mass is 371 g/mol. The maximum absolute atomic E-state index is 12.0. The molecule has 0 saturated carbocycles. The Morgan fingerprint density at radius 1 is 1.30 bits per heavy atom. The highest BCUT2D eigenvalue weighted by Gasteiger charge is 2.21. The van der Waals surface area contributed by atoms with Crippen molar-refractivity contribution in [3.63, 3.8) is 0 Å². The van der Waals surface area contributed by atoms with Gasteiger partial charge < -0.3 is 25.7 Å². The van der Waals surface area contributed by atoms with Crippen LogP contribution in [0.1, 0.15) is 30.8 Å². The number of carbonyl (C=O) groups excluding carboxylic acids is 1. The van der Waals surface area contributed by atoms with Gasteiger partial charge in [-0.05, 0) is 32.1 Å². The molecule has 27 heavy (non-hydrogen) atoms. The number of hydrogen-bond donors (Lipinski definition) is 2. The Labute approximate surface area is 156 Å². The summed E-state index contributed by atoms with van der Waals surface area (Å²) < 4.78 is 16.5. The van der Waals surface area contributed by atoms with Crippen molar-refractivity contribution in [3.05, 3.63) is 35.2 Å². The molecule has 4 N–H and O–H groups in total. The highest BCUT2D eigenvalue weighted by Crippen LogP contribution is 2.35. The highest BCUT2D eigenvalue weighted by molar-refractivity contribution is 5.87. The first-order chi connectivity index (χ1) is 12.9. The first-order valence-corrected chi connectivity index (χ1v) is 8.51. The number of nitrogens with two attached hydrogens (primary N) is 2. The number of benzene rings is 1. The number of carbonyl (C=O) groups is 1. The summed E-state index contributed by atoms with van der Waals surface area (Å²) in [5.74, 6) is 1.04. The second kappa shape index (κ2) is 7.90. The smallest absolute Gasteiger partial charge is 0.331 e. The SMILES string of the molecule is CCOc1cc2c(cc1/C=C/C(=O)OCc1nc(N)nc(N)n1)O[C@H](C)C2. The molecule has 1 aliphatic heterocycles. The molecule has 0 bridgehead atoms. The molecule has 0 aliphatic carbocycles. The summed E-state index contributed by atoms with van der Waals surface area (Å²) in [6, 6.07) is 3.81. The molecule has 9 heteroatoms. The normalized spacial score (nSPS) is 15.4. The molecule has 1 atom stereocenters. The number of anilines is 2. The van der Waals surface area contributed by atoms with Crippen LogP contribution >= 0.6 is 0 Å². The Balaban J connectivity index is 1.69. The minimum Gasteiger partial charge on any atom is -0.493 e. The largest absolute Gasteiger partial charge is 0.493 e. The van der Waals surface area contributed by atoms with Gasteiger partial charge in [0.2, 0.25) is 11.9 Å². The Kier molecular flexibility index (Phi) is 5.39. The van der Waals surface area contributed by atoms with Crippen molar-refractivity contribution in [2.45, 2.75) is 33.0 Å². The molecular weight excluding hydrogens is 350 g/mol. The van der Waals surface area contributed by atoms with Crippen LogP contribution in [-0.2, 0) is 22.6 Å². The minimum absolute atomic E-state index is 0.0298. The predicted molar refractivity (Wildman–Crippen MR) is 98.9 cm³/mol. The Hall–Kier alpha value is -3.36. The third kappa shape index (κ3) is 4.63. The predicted octanol–water partition coefficient (Wildman–Crippen LogP) is 1.51. The highest BCUT2D eigenvalue weighted by atomic mass is 16.5. The molecule has 0 saturated heterocycles. The van der Waals surface area contributed by atoms with Crippen LogP contribution in [0, 0.1) is 0 Å². The van der Waals surface area contributed by atoms with Crippen LogP contribution in [0.5, 0.6) is 11.5 Å². The summed E-state index contributed by atoms with van der Waals surface area (Å²) in [7, 11) is 0. The van der Waals surface area contributed by atoms with Gasteiger partial charge in [0.15, 0.2) is 12.4 Å². The maximum atomic E-state index is 12.0. The number of ether oxygens (including phenoxy) is 3. The lowest BCUT2D eigenvalue weighted by molar-refractivity contribution is -0.139. The van der Waals surface area contributed by atoms with Crippen molar-refractivity contribution in [3.8, 4) is 11.5 Å². The lowest BCUT2D eigenvalue weighted by atomic mass is 10.1. The van der Waals surface area contributed by atoms with Crippen LogP contribution in [0.25, 0.3) is 6.08 Å². The van der Waals surface area contributed by atoms with Gasteiger partial charge in [0.1, 0.15) is 17.6 Å². The van der Waals surface area contributed by atoms with Crippen molar-refractivity contribution in [2.24, 2.45) is 0 Å². The van der Waals surface area contributed by atoms with E-state index in [-0.39, 0.29) is 30.4 Å². The van der Waals surface area contributed by atoms with Crippen LogP contribution in [-0.4, -0.2) is 33.6 Å². The van der Waals surface area contributed by atoms with Crippen LogP contribution < -0.4 is 20.9 Å². The molecular formula is C18H21N5O4. The van der Waals surface area contributed by atoms with E-state index < -0.39 is 5.97 Å². The molecule has 0 spiro atoms. The summed E-state index contributed by atoms with van der Waals surface area (Å²) in [5.41, 5.74) is 12.8. The van der Waals surface area contributed by atoms with E-state index in [1.54, 1.807) is 6.08 Å². The zero-order valence-electron chi connectivity index (χ0n) is 15.1. The van der Waals surface area contributed by atoms with Crippen molar-refractivity contribution in [1.82, 2.24) is 15.0 Å². The lowest BCUT2D eigenvalue weighted by Crippen LogP contribution is -2.09. The van der Waals surface area contributed by atoms with E-state index in [2.05, 4.69) is 15.0 Å². The van der Waals surface area contributed by atoms with Crippen LogP contribution in [0.4, 0.5) is 11.9 Å². The summed E-state index contributed by atoms with van der Waals surface area (Å²) in [4.78, 5) is 23.3. The molecule has 1 aromatic heterocycles. The summed E-state index contributed by atoms with van der Waals surface area (Å²) in [5, 5.41) is 0. The van der Waals surface area contributed by atoms with Gasteiger partial charge in [0.25, 0.3) is 0 Å². The Morgan fingerprint density at radius 2 is 2.04 bits per heavy atom. The third-order valence-corrected chi connectivity index (χ3v) is 3.79. The van der Waals surface area contributed by atoms with Crippen LogP contribution in [0.15, 0.2) is 18.2 Å². The zero-order chi connectivity index (χ0) is 19.4. The molecule has 0 amide bonds. The number of fused-ring (bicyclic) bond motifs is 1. The number of rotatable bonds is 6. The number of nitrogen functional groups attached to an aromatic ring is 2. The van der Waals surface area contributed by atoms with Crippen molar-refractivity contribution in [1.29, 1.82) is 0 Å². The lowest BCUT2D eigenvalue weighted by Gasteiger charge is -2.10. The number of aromatic nitrogens is 3. The molecule has 0 unspecified atom stereocenters. The van der Waals surface area contributed by atoms with Crippen molar-refractivity contribution >= 4 is 23.9 Å². The van der Waals surface area contributed by atoms with Gasteiger partial charge in [-0.3, -0.25) is 0 Å². The molecule has 1 aliphatic rings. The van der Waals surface area contributed by atoms with E-state index in [9.17, 15) is 4.79 Å². The minimum atomic E-state index is -0.565. The van der Waals surface area contributed by atoms with E-state index in [0.29, 0.717) is 12.4 Å². The molecule has 0 fully saturated rings. The molecule has 142 valence electrons. The van der Waals surface area contributed by atoms with E-state index in [1.165, 1.54) is 6.08 Å². The average molecular weight is 371 g/mol. The van der Waals surface area contributed by atoms with Crippen LogP contribution in [0.3, 0.4) is 0 Å². The van der Waals surface area contributed by atoms with Gasteiger partial charge >= 0.3 is 5.97 Å². The summed E-state index contributed by atoms with van der Waals surface area (Å²) >= 11 is 0. The Bertz CT molecular complexity index is 864. The van der Waals surface area contributed by atoms with Gasteiger partial charge in [0.05, 0.1) is 6.61 Å². The molecule has 0 radical (unpaired) electrons. The number of hydrogen-bond acceptors (Lipinski definition) is 9. The quantitative estimate of drug-likeness (QED) is 0.572. The van der Waals surface area contributed by atoms with Gasteiger partial charge in [-0.2, -0.15) is 15.0 Å². The first kappa shape index (κ1) is 18.4. The second-order valence-electron chi connectivity index (χ2n) is 5.97. The standard InChI is InChI=1S/C18H21N5O4/c1-3-25-13-8-12-6-10(2)27-14(12)7-11(13)4-5-16(24)26-9-15-21-17(19)23-18(20)22-15/h4-5,7-8,10H,3,6,9H2,1-2H3,(H4,19,20,21,22,23)/b5-4+/t10-/m1/s1. The summed E-state index contributed by atoms with van der Waals surface area (Å²) in [6.07, 6.45) is 3.88. The van der Waals surface area contributed by atoms with Gasteiger partial charge in [0, 0.05) is 23.6 Å². The van der Waals surface area contributed by atoms with E-state index >= 15 is 0 Å². The molecule has 9 nitrogen and oxygen atoms in total. The molecule has 2 heterocycles. The maximum Gasteiger partial charge on any atom is 0.331 e. The van der Waals surface area contributed by atoms with Gasteiger partial charge in [-0.15, -0.1) is 0 Å². The van der Waals surface area contributed by atoms with Gasteiger partial charge in [-0.25, -0.2) is 4.79 Å². The van der Waals surface area contributed by atoms with E-state index in [1.807, 2.05) is 26.0 Å². The zero-order valence-corrected chi connectivity index (χ0v) is 15.1. The van der Waals surface area contributed by atoms with Crippen molar-refractivity contribution < 1.29 is 19.0 Å². The summed E-state index contributed by atoms with van der Waals surface area (Å²) in [6.45, 7) is 4.26. The molecule has 1 aromatic carbocycles. The van der Waals surface area contributed by atoms with Gasteiger partial charge in [-0.1, -0.05) is 0 Å².